The molecule has 1 saturated heterocycles. The van der Waals surface area contributed by atoms with Gasteiger partial charge in [0, 0.05) is 11.6 Å². The number of anilines is 1. The van der Waals surface area contributed by atoms with Gasteiger partial charge in [0.15, 0.2) is 0 Å². The van der Waals surface area contributed by atoms with Crippen LogP contribution in [0.15, 0.2) is 48.5 Å². The summed E-state index contributed by atoms with van der Waals surface area (Å²) in [7, 11) is 0. The number of piperidine rings is 1. The molecule has 2 amide bonds. The summed E-state index contributed by atoms with van der Waals surface area (Å²) in [6.07, 6.45) is 0.907. The average molecular weight is 388 g/mol. The van der Waals surface area contributed by atoms with Crippen LogP contribution in [0.25, 0.3) is 0 Å². The fraction of sp³-hybridized carbons (Fsp3) is 0.333. The molecule has 3 N–H and O–H groups in total. The summed E-state index contributed by atoms with van der Waals surface area (Å²) in [6, 6.07) is 14.7. The Morgan fingerprint density at radius 2 is 1.85 bits per heavy atom. The van der Waals surface area contributed by atoms with E-state index in [4.69, 9.17) is 0 Å². The van der Waals surface area contributed by atoms with Gasteiger partial charge >= 0.3 is 0 Å². The molecule has 5 nitrogen and oxygen atoms in total. The fourth-order valence-corrected chi connectivity index (χ4v) is 3.25. The van der Waals surface area contributed by atoms with Crippen LogP contribution in [0, 0.1) is 12.8 Å². The van der Waals surface area contributed by atoms with Gasteiger partial charge < -0.3 is 16.0 Å². The first-order chi connectivity index (χ1) is 12.5. The van der Waals surface area contributed by atoms with E-state index in [9.17, 15) is 9.59 Å². The average Bonchev–Trinajstić information content (AvgIpc) is 2.64. The van der Waals surface area contributed by atoms with Crippen molar-refractivity contribution in [3.63, 3.8) is 0 Å². The lowest BCUT2D eigenvalue weighted by Crippen LogP contribution is -2.48. The highest BCUT2D eigenvalue weighted by Gasteiger charge is 2.24. The van der Waals surface area contributed by atoms with Crippen molar-refractivity contribution in [2.75, 3.05) is 18.4 Å². The number of hydrogen-bond acceptors (Lipinski definition) is 3. The molecule has 1 aliphatic rings. The summed E-state index contributed by atoms with van der Waals surface area (Å²) >= 11 is 0. The van der Waals surface area contributed by atoms with E-state index in [-0.39, 0.29) is 30.3 Å². The molecule has 2 unspecified atom stereocenters. The smallest absolute Gasteiger partial charge is 0.255 e. The fourth-order valence-electron chi connectivity index (χ4n) is 3.25. The Balaban J connectivity index is 0.00000261. The van der Waals surface area contributed by atoms with Crippen LogP contribution >= 0.6 is 12.4 Å². The van der Waals surface area contributed by atoms with Crippen molar-refractivity contribution >= 4 is 29.9 Å². The number of aryl methyl sites for hydroxylation is 1. The van der Waals surface area contributed by atoms with Gasteiger partial charge in [-0.15, -0.1) is 12.4 Å². The molecule has 0 saturated carbocycles. The molecule has 144 valence electrons. The van der Waals surface area contributed by atoms with Gasteiger partial charge in [0.25, 0.3) is 11.8 Å². The van der Waals surface area contributed by atoms with Crippen molar-refractivity contribution in [3.8, 4) is 0 Å². The van der Waals surface area contributed by atoms with E-state index < -0.39 is 0 Å². The van der Waals surface area contributed by atoms with Crippen molar-refractivity contribution in [2.24, 2.45) is 5.92 Å². The van der Waals surface area contributed by atoms with E-state index in [0.29, 0.717) is 22.7 Å². The van der Waals surface area contributed by atoms with Crippen LogP contribution in [0.4, 0.5) is 5.69 Å². The molecule has 0 aliphatic carbocycles. The van der Waals surface area contributed by atoms with Crippen molar-refractivity contribution in [3.05, 3.63) is 65.2 Å². The maximum atomic E-state index is 12.8. The molecular weight excluding hydrogens is 362 g/mol. The van der Waals surface area contributed by atoms with Crippen LogP contribution in [-0.2, 0) is 0 Å². The zero-order valence-corrected chi connectivity index (χ0v) is 16.4. The van der Waals surface area contributed by atoms with Gasteiger partial charge in [-0.3, -0.25) is 9.59 Å². The molecular formula is C21H26ClN3O2. The summed E-state index contributed by atoms with van der Waals surface area (Å²) < 4.78 is 0. The maximum absolute atomic E-state index is 12.8. The Labute approximate surface area is 166 Å². The SMILES string of the molecule is Cc1cccc(C(=O)Nc2ccccc2C(=O)NC2CCNCC2C)c1.Cl. The highest BCUT2D eigenvalue weighted by molar-refractivity contribution is 6.09. The van der Waals surface area contributed by atoms with Crippen LogP contribution in [0.5, 0.6) is 0 Å². The molecule has 0 spiro atoms. The molecule has 0 bridgehead atoms. The largest absolute Gasteiger partial charge is 0.349 e. The van der Waals surface area contributed by atoms with E-state index in [2.05, 4.69) is 22.9 Å². The molecule has 0 aromatic heterocycles. The number of carbonyl (C=O) groups excluding carboxylic acids is 2. The van der Waals surface area contributed by atoms with E-state index in [1.165, 1.54) is 0 Å². The Bertz CT molecular complexity index is 810. The molecule has 27 heavy (non-hydrogen) atoms. The number of nitrogens with one attached hydrogen (secondary N) is 3. The molecule has 0 radical (unpaired) electrons. The number of carbonyl (C=O) groups is 2. The van der Waals surface area contributed by atoms with Gasteiger partial charge in [-0.25, -0.2) is 0 Å². The molecule has 1 aliphatic heterocycles. The molecule has 6 heteroatoms. The number of para-hydroxylation sites is 1. The van der Waals surface area contributed by atoms with Crippen LogP contribution < -0.4 is 16.0 Å². The Hall–Kier alpha value is -2.37. The Morgan fingerprint density at radius 1 is 1.07 bits per heavy atom. The van der Waals surface area contributed by atoms with Crippen LogP contribution in [0.3, 0.4) is 0 Å². The van der Waals surface area contributed by atoms with E-state index in [1.54, 1.807) is 18.2 Å². The molecule has 2 aromatic rings. The number of halogens is 1. The quantitative estimate of drug-likeness (QED) is 0.753. The molecule has 2 atom stereocenters. The monoisotopic (exact) mass is 387 g/mol. The maximum Gasteiger partial charge on any atom is 0.255 e. The van der Waals surface area contributed by atoms with Crippen LogP contribution in [0.1, 0.15) is 39.6 Å². The third-order valence-corrected chi connectivity index (χ3v) is 4.80. The van der Waals surface area contributed by atoms with Crippen LogP contribution in [-0.4, -0.2) is 30.9 Å². The lowest BCUT2D eigenvalue weighted by Gasteiger charge is -2.30. The first kappa shape index (κ1) is 20.9. The lowest BCUT2D eigenvalue weighted by atomic mass is 9.95. The highest BCUT2D eigenvalue weighted by Crippen LogP contribution is 2.18. The zero-order valence-electron chi connectivity index (χ0n) is 15.6. The first-order valence-electron chi connectivity index (χ1n) is 9.03. The zero-order chi connectivity index (χ0) is 18.5. The van der Waals surface area contributed by atoms with Crippen molar-refractivity contribution in [1.82, 2.24) is 10.6 Å². The van der Waals surface area contributed by atoms with Gasteiger partial charge in [0.1, 0.15) is 0 Å². The minimum absolute atomic E-state index is 0. The van der Waals surface area contributed by atoms with E-state index >= 15 is 0 Å². The van der Waals surface area contributed by atoms with E-state index in [1.807, 2.05) is 37.3 Å². The van der Waals surface area contributed by atoms with Gasteiger partial charge in [-0.05, 0) is 56.6 Å². The summed E-state index contributed by atoms with van der Waals surface area (Å²) in [5, 5.41) is 9.32. The Morgan fingerprint density at radius 3 is 2.59 bits per heavy atom. The topological polar surface area (TPSA) is 70.2 Å². The predicted octanol–water partition coefficient (Wildman–Crippen LogP) is 3.40. The predicted molar refractivity (Wildman–Crippen MR) is 111 cm³/mol. The molecule has 1 heterocycles. The van der Waals surface area contributed by atoms with Gasteiger partial charge in [-0.2, -0.15) is 0 Å². The number of hydrogen-bond donors (Lipinski definition) is 3. The number of amides is 2. The second kappa shape index (κ2) is 9.53. The van der Waals surface area contributed by atoms with Crippen LogP contribution in [0.2, 0.25) is 0 Å². The minimum Gasteiger partial charge on any atom is -0.349 e. The normalized spacial score (nSPS) is 18.9. The van der Waals surface area contributed by atoms with Gasteiger partial charge in [-0.1, -0.05) is 36.8 Å². The molecule has 3 rings (SSSR count). The van der Waals surface area contributed by atoms with Crippen molar-refractivity contribution in [1.29, 1.82) is 0 Å². The Kier molecular flexibility index (Phi) is 7.39. The third kappa shape index (κ3) is 5.31. The van der Waals surface area contributed by atoms with Gasteiger partial charge in [0.05, 0.1) is 11.3 Å². The van der Waals surface area contributed by atoms with E-state index in [0.717, 1.165) is 25.1 Å². The first-order valence-corrected chi connectivity index (χ1v) is 9.03. The summed E-state index contributed by atoms with van der Waals surface area (Å²) in [5.74, 6) is 0.00910. The van der Waals surface area contributed by atoms with Crippen molar-refractivity contribution in [2.45, 2.75) is 26.3 Å². The molecule has 2 aromatic carbocycles. The standard InChI is InChI=1S/C21H25N3O2.ClH/c1-14-6-5-7-16(12-14)20(25)24-19-9-4-3-8-17(19)21(26)23-18-10-11-22-13-15(18)2;/h3-9,12,15,18,22H,10-11,13H2,1-2H3,(H,23,26)(H,24,25);1H. The highest BCUT2D eigenvalue weighted by atomic mass is 35.5. The van der Waals surface area contributed by atoms with Crippen molar-refractivity contribution < 1.29 is 9.59 Å². The number of benzene rings is 2. The summed E-state index contributed by atoms with van der Waals surface area (Å²) in [5.41, 5.74) is 2.60. The lowest BCUT2D eigenvalue weighted by molar-refractivity contribution is 0.0915. The number of rotatable bonds is 4. The molecule has 1 fully saturated rings. The van der Waals surface area contributed by atoms with Gasteiger partial charge in [0.2, 0.25) is 0 Å². The minimum atomic E-state index is -0.218. The second-order valence-corrected chi connectivity index (χ2v) is 6.92. The summed E-state index contributed by atoms with van der Waals surface area (Å²) in [6.45, 7) is 5.87. The summed E-state index contributed by atoms with van der Waals surface area (Å²) in [4.78, 5) is 25.3. The third-order valence-electron chi connectivity index (χ3n) is 4.80. The second-order valence-electron chi connectivity index (χ2n) is 6.92.